The molecule has 1 aliphatic heterocycles. The molecule has 2 heterocycles. The van der Waals surface area contributed by atoms with E-state index in [4.69, 9.17) is 24.1 Å². The molecule has 0 radical (unpaired) electrons. The lowest BCUT2D eigenvalue weighted by atomic mass is 10.1. The summed E-state index contributed by atoms with van der Waals surface area (Å²) in [5.74, 6) is 0.00400. The molecule has 1 saturated carbocycles. The van der Waals surface area contributed by atoms with Crippen LogP contribution in [0, 0.1) is 6.92 Å². The summed E-state index contributed by atoms with van der Waals surface area (Å²) < 4.78 is 17.2. The summed E-state index contributed by atoms with van der Waals surface area (Å²) in [6.07, 6.45) is 6.26. The second-order valence-electron chi connectivity index (χ2n) is 8.25. The van der Waals surface area contributed by atoms with Crippen molar-refractivity contribution < 1.29 is 29.2 Å². The molecule has 2 fully saturated rings. The summed E-state index contributed by atoms with van der Waals surface area (Å²) >= 11 is 0. The smallest absolute Gasteiger partial charge is 0.349 e. The van der Waals surface area contributed by atoms with Crippen LogP contribution in [0.4, 0.5) is 0 Å². The number of aliphatic imine (C=N–C) groups is 1. The summed E-state index contributed by atoms with van der Waals surface area (Å²) in [5, 5.41) is 27.2. The van der Waals surface area contributed by atoms with E-state index < -0.39 is 11.6 Å². The number of fused-ring (bicyclic) bond motifs is 1. The third-order valence-corrected chi connectivity index (χ3v) is 5.45. The van der Waals surface area contributed by atoms with E-state index in [2.05, 4.69) is 11.6 Å². The van der Waals surface area contributed by atoms with Crippen LogP contribution in [-0.2, 0) is 4.74 Å². The monoisotopic (exact) mass is 503 g/mol. The van der Waals surface area contributed by atoms with Crippen LogP contribution < -0.4 is 10.4 Å². The van der Waals surface area contributed by atoms with Gasteiger partial charge in [0.05, 0.1) is 11.5 Å². The van der Waals surface area contributed by atoms with Gasteiger partial charge >= 0.3 is 5.63 Å². The Morgan fingerprint density at radius 3 is 2.31 bits per heavy atom. The molecule has 8 nitrogen and oxygen atoms in total. The molecular formula is C28H41NO7. The predicted molar refractivity (Wildman–Crippen MR) is 145 cm³/mol. The highest BCUT2D eigenvalue weighted by molar-refractivity contribution is 6.05. The Labute approximate surface area is 213 Å². The molecule has 0 spiro atoms. The Kier molecular flexibility index (Phi) is 12.8. The minimum Gasteiger partial charge on any atom is -0.506 e. The average molecular weight is 504 g/mol. The number of hydrogen-bond acceptors (Lipinski definition) is 8. The lowest BCUT2D eigenvalue weighted by molar-refractivity contribution is -0.141. The Hall–Kier alpha value is -3.26. The number of aryl methyl sites for hydroxylation is 1. The quantitative estimate of drug-likeness (QED) is 0.181. The van der Waals surface area contributed by atoms with Gasteiger partial charge in [-0.25, -0.2) is 4.79 Å². The number of nitrogens with zero attached hydrogens (tertiary/aromatic N) is 1. The number of benzene rings is 1. The van der Waals surface area contributed by atoms with Gasteiger partial charge in [-0.05, 0) is 65.5 Å². The molecule has 1 aromatic carbocycles. The van der Waals surface area contributed by atoms with Gasteiger partial charge in [0, 0.05) is 30.3 Å². The molecular weight excluding hydrogens is 462 g/mol. The van der Waals surface area contributed by atoms with Crippen LogP contribution in [-0.4, -0.2) is 40.5 Å². The first-order valence-corrected chi connectivity index (χ1v) is 12.4. The summed E-state index contributed by atoms with van der Waals surface area (Å²) in [7, 11) is 1.56. The maximum Gasteiger partial charge on any atom is 0.349 e. The van der Waals surface area contributed by atoms with E-state index >= 15 is 0 Å². The van der Waals surface area contributed by atoms with Gasteiger partial charge in [-0.2, -0.15) is 0 Å². The van der Waals surface area contributed by atoms with Crippen molar-refractivity contribution in [2.45, 2.75) is 86.0 Å². The Bertz CT molecular complexity index is 1120. The van der Waals surface area contributed by atoms with E-state index in [9.17, 15) is 9.90 Å². The molecule has 200 valence electrons. The van der Waals surface area contributed by atoms with Gasteiger partial charge in [0.15, 0.2) is 6.29 Å². The zero-order valence-corrected chi connectivity index (χ0v) is 22.6. The molecule has 2 atom stereocenters. The average Bonchev–Trinajstić information content (AvgIpc) is 3.69. The Morgan fingerprint density at radius 1 is 1.22 bits per heavy atom. The van der Waals surface area contributed by atoms with Crippen LogP contribution in [0.2, 0.25) is 0 Å². The van der Waals surface area contributed by atoms with E-state index in [-0.39, 0.29) is 23.7 Å². The molecule has 2 aromatic rings. The molecule has 2 aliphatic rings. The highest BCUT2D eigenvalue weighted by Gasteiger charge is 2.23. The lowest BCUT2D eigenvalue weighted by Crippen LogP contribution is -2.30. The maximum atomic E-state index is 12.3. The SMILES string of the molecule is C=CC.CC.CN=C(C)c1c(O)c2ccc(OC3CCC[C@@H](C)O3)c(C)c2oc1=O.OC(O)=C1CC1. The van der Waals surface area contributed by atoms with Gasteiger partial charge in [-0.15, -0.1) is 6.58 Å². The van der Waals surface area contributed by atoms with E-state index in [1.54, 1.807) is 39.1 Å². The molecule has 1 aliphatic carbocycles. The number of hydrogen-bond donors (Lipinski definition) is 3. The topological polar surface area (TPSA) is 122 Å². The molecule has 3 N–H and O–H groups in total. The third kappa shape index (κ3) is 8.45. The van der Waals surface area contributed by atoms with E-state index in [0.29, 0.717) is 28.0 Å². The zero-order chi connectivity index (χ0) is 27.4. The summed E-state index contributed by atoms with van der Waals surface area (Å²) in [6.45, 7) is 14.7. The fourth-order valence-electron chi connectivity index (χ4n) is 3.41. The Balaban J connectivity index is 0.000000494. The minimum atomic E-state index is -0.615. The minimum absolute atomic E-state index is 0.0903. The normalized spacial score (nSPS) is 18.4. The van der Waals surface area contributed by atoms with Crippen molar-refractivity contribution in [3.8, 4) is 11.5 Å². The second-order valence-corrected chi connectivity index (χ2v) is 8.25. The molecule has 1 aromatic heterocycles. The number of ether oxygens (including phenoxy) is 2. The number of aliphatic hydroxyl groups is 2. The number of aliphatic hydroxyl groups excluding tert-OH is 1. The fourth-order valence-corrected chi connectivity index (χ4v) is 3.41. The van der Waals surface area contributed by atoms with E-state index in [1.165, 1.54) is 0 Å². The highest BCUT2D eigenvalue weighted by Crippen LogP contribution is 2.34. The zero-order valence-electron chi connectivity index (χ0n) is 22.6. The first-order valence-electron chi connectivity index (χ1n) is 12.4. The second kappa shape index (κ2) is 15.0. The van der Waals surface area contributed by atoms with Gasteiger partial charge in [-0.1, -0.05) is 19.9 Å². The highest BCUT2D eigenvalue weighted by atomic mass is 16.7. The summed E-state index contributed by atoms with van der Waals surface area (Å²) in [5.41, 5.74) is 1.66. The molecule has 8 heteroatoms. The first-order chi connectivity index (χ1) is 17.1. The molecule has 1 unspecified atom stereocenters. The van der Waals surface area contributed by atoms with Crippen LogP contribution >= 0.6 is 0 Å². The van der Waals surface area contributed by atoms with Crippen LogP contribution in [0.15, 0.2) is 50.5 Å². The van der Waals surface area contributed by atoms with Crippen LogP contribution in [0.25, 0.3) is 11.0 Å². The molecule has 1 saturated heterocycles. The van der Waals surface area contributed by atoms with Gasteiger partial charge in [0.2, 0.25) is 0 Å². The van der Waals surface area contributed by atoms with E-state index in [0.717, 1.165) is 37.7 Å². The van der Waals surface area contributed by atoms with Crippen molar-refractivity contribution in [1.29, 1.82) is 0 Å². The van der Waals surface area contributed by atoms with Crippen molar-refractivity contribution in [3.05, 3.63) is 57.9 Å². The first kappa shape index (κ1) is 30.8. The van der Waals surface area contributed by atoms with Gasteiger partial charge < -0.3 is 29.2 Å². The van der Waals surface area contributed by atoms with Gasteiger partial charge in [-0.3, -0.25) is 4.99 Å². The van der Waals surface area contributed by atoms with Crippen molar-refractivity contribution in [3.63, 3.8) is 0 Å². The van der Waals surface area contributed by atoms with Gasteiger partial charge in [0.25, 0.3) is 5.95 Å². The molecule has 36 heavy (non-hydrogen) atoms. The lowest BCUT2D eigenvalue weighted by Gasteiger charge is -2.28. The van der Waals surface area contributed by atoms with Crippen molar-refractivity contribution >= 4 is 16.7 Å². The van der Waals surface area contributed by atoms with E-state index in [1.807, 2.05) is 27.7 Å². The number of aromatic hydroxyl groups is 1. The molecule has 0 bridgehead atoms. The summed E-state index contributed by atoms with van der Waals surface area (Å²) in [6, 6.07) is 3.46. The van der Waals surface area contributed by atoms with Crippen molar-refractivity contribution in [1.82, 2.24) is 0 Å². The van der Waals surface area contributed by atoms with Gasteiger partial charge in [0.1, 0.15) is 22.6 Å². The molecule has 4 rings (SSSR count). The van der Waals surface area contributed by atoms with Crippen LogP contribution in [0.3, 0.4) is 0 Å². The Morgan fingerprint density at radius 2 is 1.83 bits per heavy atom. The largest absolute Gasteiger partial charge is 0.506 e. The van der Waals surface area contributed by atoms with Crippen LogP contribution in [0.5, 0.6) is 11.5 Å². The molecule has 0 amide bonds. The van der Waals surface area contributed by atoms with Crippen LogP contribution in [0.1, 0.15) is 77.8 Å². The maximum absolute atomic E-state index is 12.3. The van der Waals surface area contributed by atoms with Crippen molar-refractivity contribution in [2.24, 2.45) is 4.99 Å². The fraction of sp³-hybridized carbons (Fsp3) is 0.500. The summed E-state index contributed by atoms with van der Waals surface area (Å²) in [4.78, 5) is 16.2. The standard InChI is InChI=1S/C19H23NO5.C4H6O2.C3H6.C2H6/c1-10-6-5-7-15(23-10)24-14-9-8-13-17(21)16(12(3)20-4)19(22)25-18(13)11(14)2;5-4(6)3-1-2-3;1-3-2;1-2/h8-10,15,21H,5-7H2,1-4H3;5-6H,1-2H2;3H,1H2,2H3;1-2H3/t10-,15?;;;/m1.../s1. The number of allylic oxidation sites excluding steroid dienone is 2. The van der Waals surface area contributed by atoms with Crippen molar-refractivity contribution in [2.75, 3.05) is 7.05 Å². The third-order valence-electron chi connectivity index (χ3n) is 5.45. The number of rotatable bonds is 3. The predicted octanol–water partition coefficient (Wildman–Crippen LogP) is 6.87.